The summed E-state index contributed by atoms with van der Waals surface area (Å²) in [6, 6.07) is 1.38. The Morgan fingerprint density at radius 1 is 1.05 bits per heavy atom. The molecule has 0 spiro atoms. The van der Waals surface area contributed by atoms with E-state index in [0.29, 0.717) is 0 Å². The molecule has 0 unspecified atom stereocenters. The molecule has 0 aromatic heterocycles. The van der Waals surface area contributed by atoms with Crippen molar-refractivity contribution in [3.63, 3.8) is 0 Å². The maximum absolute atomic E-state index is 12.6. The summed E-state index contributed by atoms with van der Waals surface area (Å²) in [4.78, 5) is 0. The zero-order valence-corrected chi connectivity index (χ0v) is 9.02. The van der Waals surface area contributed by atoms with E-state index in [1.54, 1.807) is 0 Å². The monoisotopic (exact) mass is 281 g/mol. The van der Waals surface area contributed by atoms with E-state index >= 15 is 0 Å². The number of rotatable bonds is 1. The molecule has 0 aliphatic heterocycles. The third-order valence-electron chi connectivity index (χ3n) is 2.19. The first-order valence-corrected chi connectivity index (χ1v) is 4.59. The fraction of sp³-hybridized carbons (Fsp3) is 0.182. The highest BCUT2D eigenvalue weighted by Gasteiger charge is 2.41. The normalized spacial score (nSPS) is 12.1. The van der Waals surface area contributed by atoms with Crippen LogP contribution >= 0.6 is 0 Å². The lowest BCUT2D eigenvalue weighted by atomic mass is 9.97. The second kappa shape index (κ2) is 4.50. The highest BCUT2D eigenvalue weighted by atomic mass is 19.4. The molecular weight excluding hydrogens is 276 g/mol. The van der Waals surface area contributed by atoms with Gasteiger partial charge in [-0.25, -0.2) is 0 Å². The number of hydrogen-bond acceptors (Lipinski definition) is 2. The van der Waals surface area contributed by atoms with E-state index in [4.69, 9.17) is 10.4 Å². The number of halogens is 6. The van der Waals surface area contributed by atoms with Gasteiger partial charge in [-0.2, -0.15) is 31.6 Å². The lowest BCUT2D eigenvalue weighted by Gasteiger charge is -2.16. The van der Waals surface area contributed by atoms with Gasteiger partial charge in [-0.1, -0.05) is 6.58 Å². The van der Waals surface area contributed by atoms with Crippen LogP contribution in [-0.2, 0) is 12.4 Å². The molecule has 8 heteroatoms. The van der Waals surface area contributed by atoms with E-state index in [0.717, 1.165) is 6.07 Å². The van der Waals surface area contributed by atoms with Crippen LogP contribution in [0.4, 0.5) is 26.3 Å². The molecule has 1 aromatic carbocycles. The Labute approximate surface area is 103 Å². The summed E-state index contributed by atoms with van der Waals surface area (Å²) in [5, 5.41) is 17.5. The standard InChI is InChI=1S/C11H5F6NO/c1-5(19)6-2-8(10(12,13)14)7(4-18)9(3-6)11(15,16)17/h2-3,19H,1H2. The summed E-state index contributed by atoms with van der Waals surface area (Å²) in [6.07, 6.45) is -10.3. The van der Waals surface area contributed by atoms with Crippen LogP contribution in [0.1, 0.15) is 22.3 Å². The molecule has 1 N–H and O–H groups in total. The van der Waals surface area contributed by atoms with Crippen molar-refractivity contribution in [2.45, 2.75) is 12.4 Å². The predicted octanol–water partition coefficient (Wildman–Crippen LogP) is 4.12. The van der Waals surface area contributed by atoms with Gasteiger partial charge < -0.3 is 5.11 Å². The molecule has 1 rings (SSSR count). The first kappa shape index (κ1) is 14.9. The Morgan fingerprint density at radius 3 is 1.63 bits per heavy atom. The molecule has 0 saturated heterocycles. The number of aliphatic hydroxyl groups excluding tert-OH is 1. The van der Waals surface area contributed by atoms with Crippen molar-refractivity contribution in [2.24, 2.45) is 0 Å². The van der Waals surface area contributed by atoms with Crippen molar-refractivity contribution in [3.8, 4) is 6.07 Å². The molecule has 0 saturated carbocycles. The fourth-order valence-electron chi connectivity index (χ4n) is 1.38. The van der Waals surface area contributed by atoms with Gasteiger partial charge in [0.05, 0.1) is 16.7 Å². The molecule has 0 aliphatic rings. The van der Waals surface area contributed by atoms with Crippen LogP contribution in [0.15, 0.2) is 18.7 Å². The van der Waals surface area contributed by atoms with Gasteiger partial charge in [-0.15, -0.1) is 0 Å². The van der Waals surface area contributed by atoms with Crippen LogP contribution < -0.4 is 0 Å². The minimum absolute atomic E-state index is 0.246. The van der Waals surface area contributed by atoms with E-state index in [1.807, 2.05) is 0 Å². The Kier molecular flexibility index (Phi) is 3.52. The summed E-state index contributed by atoms with van der Waals surface area (Å²) in [6.45, 7) is 2.87. The van der Waals surface area contributed by atoms with E-state index in [-0.39, 0.29) is 12.1 Å². The maximum atomic E-state index is 12.6. The van der Waals surface area contributed by atoms with Gasteiger partial charge in [0, 0.05) is 5.56 Å². The van der Waals surface area contributed by atoms with Crippen molar-refractivity contribution in [2.75, 3.05) is 0 Å². The lowest BCUT2D eigenvalue weighted by Crippen LogP contribution is -2.16. The van der Waals surface area contributed by atoms with Crippen LogP contribution in [0.5, 0.6) is 0 Å². The number of hydrogen-bond donors (Lipinski definition) is 1. The van der Waals surface area contributed by atoms with Gasteiger partial charge in [-0.05, 0) is 12.1 Å². The number of benzene rings is 1. The zero-order chi connectivity index (χ0) is 15.0. The van der Waals surface area contributed by atoms with Crippen LogP contribution in [0.25, 0.3) is 5.76 Å². The summed E-state index contributed by atoms with van der Waals surface area (Å²) in [7, 11) is 0. The summed E-state index contributed by atoms with van der Waals surface area (Å²) >= 11 is 0. The second-order valence-electron chi connectivity index (χ2n) is 3.50. The quantitative estimate of drug-likeness (QED) is 0.621. The molecule has 2 nitrogen and oxygen atoms in total. The van der Waals surface area contributed by atoms with Gasteiger partial charge in [-0.3, -0.25) is 0 Å². The number of aliphatic hydroxyl groups is 1. The van der Waals surface area contributed by atoms with Gasteiger partial charge >= 0.3 is 12.4 Å². The molecule has 0 heterocycles. The first-order chi connectivity index (χ1) is 8.48. The van der Waals surface area contributed by atoms with Crippen LogP contribution in [0.3, 0.4) is 0 Å². The topological polar surface area (TPSA) is 44.0 Å². The van der Waals surface area contributed by atoms with Crippen LogP contribution in [-0.4, -0.2) is 5.11 Å². The molecule has 19 heavy (non-hydrogen) atoms. The molecule has 0 atom stereocenters. The van der Waals surface area contributed by atoms with E-state index in [2.05, 4.69) is 6.58 Å². The van der Waals surface area contributed by atoms with E-state index in [9.17, 15) is 26.3 Å². The Hall–Kier alpha value is -2.17. The molecule has 102 valence electrons. The Morgan fingerprint density at radius 2 is 1.42 bits per heavy atom. The van der Waals surface area contributed by atoms with E-state index in [1.165, 1.54) is 0 Å². The predicted molar refractivity (Wildman–Crippen MR) is 52.8 cm³/mol. The summed E-state index contributed by atoms with van der Waals surface area (Å²) in [5.74, 6) is -0.958. The summed E-state index contributed by atoms with van der Waals surface area (Å²) < 4.78 is 75.7. The second-order valence-corrected chi connectivity index (χ2v) is 3.50. The number of nitriles is 1. The highest BCUT2D eigenvalue weighted by molar-refractivity contribution is 5.62. The summed E-state index contributed by atoms with van der Waals surface area (Å²) in [5.41, 5.74) is -5.83. The fourth-order valence-corrected chi connectivity index (χ4v) is 1.38. The molecule has 0 radical (unpaired) electrons. The van der Waals surface area contributed by atoms with Gasteiger partial charge in [0.2, 0.25) is 0 Å². The number of alkyl halides is 6. The molecular formula is C11H5F6NO. The van der Waals surface area contributed by atoms with Gasteiger partial charge in [0.1, 0.15) is 11.8 Å². The Bertz CT molecular complexity index is 529. The average molecular weight is 281 g/mol. The molecule has 1 aromatic rings. The van der Waals surface area contributed by atoms with Crippen molar-refractivity contribution in [1.82, 2.24) is 0 Å². The molecule has 0 amide bonds. The van der Waals surface area contributed by atoms with Gasteiger partial charge in [0.25, 0.3) is 0 Å². The largest absolute Gasteiger partial charge is 0.508 e. The number of nitrogens with zero attached hydrogens (tertiary/aromatic N) is 1. The molecule has 0 fully saturated rings. The van der Waals surface area contributed by atoms with Crippen LogP contribution in [0.2, 0.25) is 0 Å². The van der Waals surface area contributed by atoms with Crippen molar-refractivity contribution in [3.05, 3.63) is 41.0 Å². The van der Waals surface area contributed by atoms with Crippen molar-refractivity contribution < 1.29 is 31.4 Å². The zero-order valence-electron chi connectivity index (χ0n) is 9.02. The van der Waals surface area contributed by atoms with Crippen molar-refractivity contribution in [1.29, 1.82) is 5.26 Å². The minimum atomic E-state index is -5.16. The maximum Gasteiger partial charge on any atom is 0.417 e. The third kappa shape index (κ3) is 2.99. The lowest BCUT2D eigenvalue weighted by molar-refractivity contribution is -0.143. The third-order valence-corrected chi connectivity index (χ3v) is 2.19. The van der Waals surface area contributed by atoms with Crippen molar-refractivity contribution >= 4 is 5.76 Å². The smallest absolute Gasteiger partial charge is 0.417 e. The highest BCUT2D eigenvalue weighted by Crippen LogP contribution is 2.40. The Balaban J connectivity index is 3.79. The minimum Gasteiger partial charge on any atom is -0.508 e. The molecule has 0 aliphatic carbocycles. The van der Waals surface area contributed by atoms with E-state index < -0.39 is 40.4 Å². The van der Waals surface area contributed by atoms with Gasteiger partial charge in [0.15, 0.2) is 0 Å². The van der Waals surface area contributed by atoms with Crippen LogP contribution in [0, 0.1) is 11.3 Å². The first-order valence-electron chi connectivity index (χ1n) is 4.59. The molecule has 0 bridgehead atoms. The average Bonchev–Trinajstić information content (AvgIpc) is 2.24. The SMILES string of the molecule is C=C(O)c1cc(C(F)(F)F)c(C#N)c(C(F)(F)F)c1.